The summed E-state index contributed by atoms with van der Waals surface area (Å²) in [4.78, 5) is 17.1. The van der Waals surface area contributed by atoms with Gasteiger partial charge in [0.2, 0.25) is 5.95 Å². The van der Waals surface area contributed by atoms with Gasteiger partial charge in [0.05, 0.1) is 12.7 Å². The number of hydrogen-bond acceptors (Lipinski definition) is 5. The van der Waals surface area contributed by atoms with E-state index in [1.807, 2.05) is 41.3 Å². The maximum atomic E-state index is 13.0. The Kier molecular flexibility index (Phi) is 4.66. The minimum Gasteiger partial charge on any atom is -0.496 e. The average molecular weight is 365 g/mol. The zero-order valence-electron chi connectivity index (χ0n) is 15.6. The number of amides is 1. The topological polar surface area (TPSA) is 63.0 Å². The molecule has 7 heteroatoms. The fraction of sp³-hybridized carbons (Fsp3) is 0.350. The van der Waals surface area contributed by atoms with Crippen LogP contribution in [-0.4, -0.2) is 58.7 Å². The summed E-state index contributed by atoms with van der Waals surface area (Å²) in [7, 11) is 1.59. The van der Waals surface area contributed by atoms with Gasteiger partial charge in [-0.05, 0) is 37.6 Å². The third-order valence-corrected chi connectivity index (χ3v) is 5.01. The summed E-state index contributed by atoms with van der Waals surface area (Å²) in [6.45, 7) is 4.96. The van der Waals surface area contributed by atoms with Crippen LogP contribution in [-0.2, 0) is 0 Å². The molecule has 3 aromatic rings. The van der Waals surface area contributed by atoms with Crippen LogP contribution in [0.1, 0.15) is 22.5 Å². The van der Waals surface area contributed by atoms with Gasteiger partial charge >= 0.3 is 0 Å². The highest BCUT2D eigenvalue weighted by Crippen LogP contribution is 2.22. The molecular weight excluding hydrogens is 342 g/mol. The first-order chi connectivity index (χ1) is 13.2. The van der Waals surface area contributed by atoms with Gasteiger partial charge in [0.1, 0.15) is 5.75 Å². The smallest absolute Gasteiger partial charge is 0.257 e. The lowest BCUT2D eigenvalue weighted by Gasteiger charge is -2.23. The summed E-state index contributed by atoms with van der Waals surface area (Å²) in [5.41, 5.74) is 2.55. The maximum absolute atomic E-state index is 13.0. The fourth-order valence-electron chi connectivity index (χ4n) is 3.60. The van der Waals surface area contributed by atoms with E-state index in [0.717, 1.165) is 36.8 Å². The number of benzene rings is 1. The molecule has 0 saturated carbocycles. The molecular formula is C20H23N5O2. The van der Waals surface area contributed by atoms with Crippen molar-refractivity contribution in [3.8, 4) is 5.75 Å². The zero-order chi connectivity index (χ0) is 18.8. The molecule has 1 saturated heterocycles. The number of nitrogens with zero attached hydrogens (tertiary/aromatic N) is 5. The number of para-hydroxylation sites is 1. The summed E-state index contributed by atoms with van der Waals surface area (Å²) in [5.74, 6) is 1.47. The van der Waals surface area contributed by atoms with Crippen LogP contribution in [0.4, 0.5) is 5.95 Å². The Morgan fingerprint density at radius 2 is 1.85 bits per heavy atom. The van der Waals surface area contributed by atoms with Gasteiger partial charge in [-0.2, -0.15) is 0 Å². The van der Waals surface area contributed by atoms with Crippen molar-refractivity contribution in [3.63, 3.8) is 0 Å². The second kappa shape index (κ2) is 7.26. The van der Waals surface area contributed by atoms with Crippen LogP contribution < -0.4 is 9.64 Å². The van der Waals surface area contributed by atoms with Crippen LogP contribution in [0.2, 0.25) is 0 Å². The number of carbonyl (C=O) groups is 1. The highest BCUT2D eigenvalue weighted by molar-refractivity contribution is 5.97. The molecule has 3 heterocycles. The minimum absolute atomic E-state index is 0.0107. The predicted octanol–water partition coefficient (Wildman–Crippen LogP) is 2.40. The molecule has 140 valence electrons. The summed E-state index contributed by atoms with van der Waals surface area (Å²) >= 11 is 0. The third-order valence-electron chi connectivity index (χ3n) is 5.01. The molecule has 2 aromatic heterocycles. The van der Waals surface area contributed by atoms with E-state index in [1.54, 1.807) is 7.11 Å². The van der Waals surface area contributed by atoms with Crippen molar-refractivity contribution < 1.29 is 9.53 Å². The number of carbonyl (C=O) groups excluding carboxylic acids is 1. The average Bonchev–Trinajstić information content (AvgIpc) is 2.99. The van der Waals surface area contributed by atoms with E-state index in [2.05, 4.69) is 32.5 Å². The normalized spacial score (nSPS) is 15.0. The van der Waals surface area contributed by atoms with Gasteiger partial charge < -0.3 is 14.5 Å². The molecule has 1 fully saturated rings. The number of methoxy groups -OCH3 is 1. The lowest BCUT2D eigenvalue weighted by Crippen LogP contribution is -2.35. The molecule has 1 aliphatic heterocycles. The van der Waals surface area contributed by atoms with E-state index in [1.165, 1.54) is 0 Å². The third kappa shape index (κ3) is 3.20. The van der Waals surface area contributed by atoms with E-state index >= 15 is 0 Å². The van der Waals surface area contributed by atoms with Gasteiger partial charge in [-0.25, -0.2) is 0 Å². The zero-order valence-corrected chi connectivity index (χ0v) is 15.6. The highest BCUT2D eigenvalue weighted by atomic mass is 16.5. The molecule has 1 aromatic carbocycles. The van der Waals surface area contributed by atoms with E-state index in [9.17, 15) is 4.79 Å². The molecule has 1 aliphatic rings. The number of anilines is 1. The van der Waals surface area contributed by atoms with Gasteiger partial charge in [-0.15, -0.1) is 10.2 Å². The van der Waals surface area contributed by atoms with E-state index in [-0.39, 0.29) is 5.91 Å². The molecule has 4 rings (SSSR count). The first-order valence-electron chi connectivity index (χ1n) is 9.17. The largest absolute Gasteiger partial charge is 0.496 e. The quantitative estimate of drug-likeness (QED) is 0.713. The lowest BCUT2D eigenvalue weighted by atomic mass is 10.1. The molecule has 0 bridgehead atoms. The fourth-order valence-corrected chi connectivity index (χ4v) is 3.60. The summed E-state index contributed by atoms with van der Waals surface area (Å²) in [6.07, 6.45) is 0.877. The number of pyridine rings is 1. The van der Waals surface area contributed by atoms with Gasteiger partial charge in [0, 0.05) is 31.9 Å². The Morgan fingerprint density at radius 1 is 1.00 bits per heavy atom. The van der Waals surface area contributed by atoms with E-state index < -0.39 is 0 Å². The second-order valence-corrected chi connectivity index (χ2v) is 6.69. The van der Waals surface area contributed by atoms with E-state index in [0.29, 0.717) is 24.4 Å². The summed E-state index contributed by atoms with van der Waals surface area (Å²) in [5, 5.41) is 8.68. The highest BCUT2D eigenvalue weighted by Gasteiger charge is 2.24. The SMILES string of the molecule is COc1ccccc1C(=O)N1CCCN(c2nnc3cccc(C)n23)CC1. The van der Waals surface area contributed by atoms with Crippen LogP contribution >= 0.6 is 0 Å². The van der Waals surface area contributed by atoms with Gasteiger partial charge in [0.25, 0.3) is 5.91 Å². The number of aryl methyl sites for hydroxylation is 1. The van der Waals surface area contributed by atoms with Crippen molar-refractivity contribution in [2.45, 2.75) is 13.3 Å². The van der Waals surface area contributed by atoms with Crippen molar-refractivity contribution in [2.75, 3.05) is 38.2 Å². The van der Waals surface area contributed by atoms with Crippen molar-refractivity contribution >= 4 is 17.5 Å². The first-order valence-corrected chi connectivity index (χ1v) is 9.17. The molecule has 27 heavy (non-hydrogen) atoms. The number of ether oxygens (including phenoxy) is 1. The van der Waals surface area contributed by atoms with Crippen LogP contribution in [0.5, 0.6) is 5.75 Å². The molecule has 1 amide bonds. The van der Waals surface area contributed by atoms with Crippen LogP contribution in [0, 0.1) is 6.92 Å². The van der Waals surface area contributed by atoms with Crippen molar-refractivity contribution in [3.05, 3.63) is 53.7 Å². The summed E-state index contributed by atoms with van der Waals surface area (Å²) < 4.78 is 7.42. The standard InChI is InChI=1S/C20H23N5O2/c1-15-7-5-10-18-21-22-20(25(15)18)24-12-6-11-23(13-14-24)19(26)16-8-3-4-9-17(16)27-2/h3-5,7-10H,6,11-14H2,1-2H3. The monoisotopic (exact) mass is 365 g/mol. The summed E-state index contributed by atoms with van der Waals surface area (Å²) in [6, 6.07) is 13.4. The van der Waals surface area contributed by atoms with Gasteiger partial charge in [0.15, 0.2) is 5.65 Å². The van der Waals surface area contributed by atoms with Gasteiger partial charge in [-0.3, -0.25) is 9.20 Å². The Hall–Kier alpha value is -3.09. The van der Waals surface area contributed by atoms with Gasteiger partial charge in [-0.1, -0.05) is 18.2 Å². The Bertz CT molecular complexity index is 968. The molecule has 0 atom stereocenters. The van der Waals surface area contributed by atoms with Crippen LogP contribution in [0.3, 0.4) is 0 Å². The lowest BCUT2D eigenvalue weighted by molar-refractivity contribution is 0.0763. The Balaban J connectivity index is 1.55. The van der Waals surface area contributed by atoms with Crippen LogP contribution in [0.15, 0.2) is 42.5 Å². The number of hydrogen-bond donors (Lipinski definition) is 0. The number of rotatable bonds is 3. The minimum atomic E-state index is 0.0107. The molecule has 0 spiro atoms. The Labute approximate surface area is 158 Å². The molecule has 7 nitrogen and oxygen atoms in total. The van der Waals surface area contributed by atoms with Crippen molar-refractivity contribution in [2.24, 2.45) is 0 Å². The maximum Gasteiger partial charge on any atom is 0.257 e. The van der Waals surface area contributed by atoms with Crippen molar-refractivity contribution in [1.29, 1.82) is 0 Å². The molecule has 0 radical (unpaired) electrons. The van der Waals surface area contributed by atoms with Crippen molar-refractivity contribution in [1.82, 2.24) is 19.5 Å². The molecule has 0 N–H and O–H groups in total. The first kappa shape index (κ1) is 17.3. The number of aromatic nitrogens is 3. The van der Waals surface area contributed by atoms with E-state index in [4.69, 9.17) is 4.74 Å². The van der Waals surface area contributed by atoms with Crippen LogP contribution in [0.25, 0.3) is 5.65 Å². The molecule has 0 aliphatic carbocycles. The number of fused-ring (bicyclic) bond motifs is 1. The second-order valence-electron chi connectivity index (χ2n) is 6.69. The Morgan fingerprint density at radius 3 is 2.70 bits per heavy atom. The molecule has 0 unspecified atom stereocenters. The predicted molar refractivity (Wildman–Crippen MR) is 103 cm³/mol.